The van der Waals surface area contributed by atoms with Crippen LogP contribution in [0.25, 0.3) is 0 Å². The highest BCUT2D eigenvalue weighted by atomic mass is 35.5. The van der Waals surface area contributed by atoms with E-state index in [0.29, 0.717) is 5.76 Å². The molecule has 46 valence electrons. The molecule has 0 aromatic rings. The summed E-state index contributed by atoms with van der Waals surface area (Å²) in [6.45, 7) is 1.65. The first-order chi connectivity index (χ1) is 3.66. The number of allylic oxidation sites excluding steroid dienone is 2. The SMILES string of the molecule is CO/C(C)=C\C(=O)Cl. The highest BCUT2D eigenvalue weighted by molar-refractivity contribution is 6.66. The van der Waals surface area contributed by atoms with Crippen molar-refractivity contribution in [2.75, 3.05) is 7.11 Å². The molecule has 0 spiro atoms. The Balaban J connectivity index is 3.75. The predicted octanol–water partition coefficient (Wildman–Crippen LogP) is 1.30. The molecule has 0 radical (unpaired) electrons. The molecule has 0 atom stereocenters. The molecule has 0 rings (SSSR count). The maximum Gasteiger partial charge on any atom is 0.248 e. The van der Waals surface area contributed by atoms with Gasteiger partial charge >= 0.3 is 0 Å². The number of carbonyl (C=O) groups excluding carboxylic acids is 1. The molecule has 3 heteroatoms. The molecule has 0 unspecified atom stereocenters. The minimum atomic E-state index is -0.510. The van der Waals surface area contributed by atoms with Crippen LogP contribution in [0.5, 0.6) is 0 Å². The number of rotatable bonds is 2. The van der Waals surface area contributed by atoms with Crippen molar-refractivity contribution in [3.8, 4) is 0 Å². The fraction of sp³-hybridized carbons (Fsp3) is 0.400. The van der Waals surface area contributed by atoms with E-state index in [-0.39, 0.29) is 0 Å². The third-order valence-electron chi connectivity index (χ3n) is 0.639. The zero-order valence-corrected chi connectivity index (χ0v) is 5.53. The maximum atomic E-state index is 10.0. The summed E-state index contributed by atoms with van der Waals surface area (Å²) in [5.41, 5.74) is 0. The molecule has 0 aliphatic rings. The van der Waals surface area contributed by atoms with E-state index in [0.717, 1.165) is 0 Å². The molecule has 0 saturated heterocycles. The predicted molar refractivity (Wildman–Crippen MR) is 31.6 cm³/mol. The average molecular weight is 135 g/mol. The topological polar surface area (TPSA) is 26.3 Å². The Morgan fingerprint density at radius 2 is 2.25 bits per heavy atom. The van der Waals surface area contributed by atoms with Crippen molar-refractivity contribution in [3.05, 3.63) is 11.8 Å². The van der Waals surface area contributed by atoms with Gasteiger partial charge in [0, 0.05) is 6.08 Å². The Bertz CT molecular complexity index is 118. The lowest BCUT2D eigenvalue weighted by molar-refractivity contribution is -0.107. The number of methoxy groups -OCH3 is 1. The van der Waals surface area contributed by atoms with Gasteiger partial charge < -0.3 is 4.74 Å². The molecule has 0 aliphatic heterocycles. The third-order valence-corrected chi connectivity index (χ3v) is 0.748. The van der Waals surface area contributed by atoms with Gasteiger partial charge in [0.05, 0.1) is 12.9 Å². The Labute approximate surface area is 53.1 Å². The number of ether oxygens (including phenoxy) is 1. The molecule has 0 fully saturated rings. The summed E-state index contributed by atoms with van der Waals surface area (Å²) in [6, 6.07) is 0. The van der Waals surface area contributed by atoms with E-state index < -0.39 is 5.24 Å². The minimum absolute atomic E-state index is 0.510. The van der Waals surface area contributed by atoms with Crippen molar-refractivity contribution in [2.24, 2.45) is 0 Å². The van der Waals surface area contributed by atoms with Crippen molar-refractivity contribution in [2.45, 2.75) is 6.92 Å². The van der Waals surface area contributed by atoms with Crippen molar-refractivity contribution in [1.29, 1.82) is 0 Å². The molecule has 0 saturated carbocycles. The second kappa shape index (κ2) is 3.50. The quantitative estimate of drug-likeness (QED) is 0.323. The van der Waals surface area contributed by atoms with Gasteiger partial charge in [0.15, 0.2) is 0 Å². The summed E-state index contributed by atoms with van der Waals surface area (Å²) >= 11 is 4.96. The maximum absolute atomic E-state index is 10.0. The van der Waals surface area contributed by atoms with Crippen molar-refractivity contribution in [3.63, 3.8) is 0 Å². The summed E-state index contributed by atoms with van der Waals surface area (Å²) in [5.74, 6) is 0.519. The molecular formula is C5H7ClO2. The van der Waals surface area contributed by atoms with E-state index in [1.165, 1.54) is 13.2 Å². The van der Waals surface area contributed by atoms with E-state index >= 15 is 0 Å². The molecule has 0 heterocycles. The number of halogens is 1. The molecule has 0 N–H and O–H groups in total. The zero-order valence-electron chi connectivity index (χ0n) is 4.77. The largest absolute Gasteiger partial charge is 0.501 e. The number of hydrogen-bond acceptors (Lipinski definition) is 2. The summed E-state index contributed by atoms with van der Waals surface area (Å²) in [7, 11) is 1.48. The summed E-state index contributed by atoms with van der Waals surface area (Å²) in [6.07, 6.45) is 1.21. The van der Waals surface area contributed by atoms with E-state index in [1.807, 2.05) is 0 Å². The van der Waals surface area contributed by atoms with Crippen LogP contribution in [-0.4, -0.2) is 12.4 Å². The van der Waals surface area contributed by atoms with Crippen molar-refractivity contribution >= 4 is 16.8 Å². The Morgan fingerprint density at radius 3 is 2.38 bits per heavy atom. The van der Waals surface area contributed by atoms with Crippen LogP contribution in [0.4, 0.5) is 0 Å². The second-order valence-corrected chi connectivity index (χ2v) is 1.64. The van der Waals surface area contributed by atoms with Crippen LogP contribution in [0, 0.1) is 0 Å². The van der Waals surface area contributed by atoms with Gasteiger partial charge in [-0.15, -0.1) is 0 Å². The molecule has 2 nitrogen and oxygen atoms in total. The van der Waals surface area contributed by atoms with Gasteiger partial charge in [0.25, 0.3) is 0 Å². The van der Waals surface area contributed by atoms with Crippen LogP contribution in [0.1, 0.15) is 6.92 Å². The fourth-order valence-electron chi connectivity index (χ4n) is 0.219. The fourth-order valence-corrected chi connectivity index (χ4v) is 0.372. The Morgan fingerprint density at radius 1 is 1.75 bits per heavy atom. The first-order valence-electron chi connectivity index (χ1n) is 2.08. The average Bonchev–Trinajstić information content (AvgIpc) is 1.65. The van der Waals surface area contributed by atoms with E-state index in [2.05, 4.69) is 4.74 Å². The molecular weight excluding hydrogens is 128 g/mol. The molecule has 8 heavy (non-hydrogen) atoms. The van der Waals surface area contributed by atoms with Crippen LogP contribution >= 0.6 is 11.6 Å². The van der Waals surface area contributed by atoms with Crippen LogP contribution in [0.15, 0.2) is 11.8 Å². The van der Waals surface area contributed by atoms with Gasteiger partial charge in [-0.1, -0.05) is 0 Å². The lowest BCUT2D eigenvalue weighted by atomic mass is 10.5. The standard InChI is InChI=1S/C5H7ClO2/c1-4(8-2)3-5(6)7/h3H,1-2H3/b4-3-. The molecule has 0 amide bonds. The molecule has 0 aromatic heterocycles. The van der Waals surface area contributed by atoms with E-state index in [4.69, 9.17) is 11.6 Å². The molecule has 0 aliphatic carbocycles. The summed E-state index contributed by atoms with van der Waals surface area (Å²) < 4.78 is 4.62. The monoisotopic (exact) mass is 134 g/mol. The smallest absolute Gasteiger partial charge is 0.248 e. The highest BCUT2D eigenvalue weighted by Gasteiger charge is 1.88. The first kappa shape index (κ1) is 7.50. The van der Waals surface area contributed by atoms with Gasteiger partial charge in [0.1, 0.15) is 0 Å². The minimum Gasteiger partial charge on any atom is -0.501 e. The van der Waals surface area contributed by atoms with Gasteiger partial charge in [0.2, 0.25) is 5.24 Å². The summed E-state index contributed by atoms with van der Waals surface area (Å²) in [5, 5.41) is -0.510. The van der Waals surface area contributed by atoms with Crippen LogP contribution in [0.3, 0.4) is 0 Å². The lowest BCUT2D eigenvalue weighted by Gasteiger charge is -1.92. The van der Waals surface area contributed by atoms with Crippen LogP contribution in [-0.2, 0) is 9.53 Å². The van der Waals surface area contributed by atoms with Crippen LogP contribution < -0.4 is 0 Å². The molecule has 0 aromatic carbocycles. The number of hydrogen-bond donors (Lipinski definition) is 0. The molecule has 0 bridgehead atoms. The van der Waals surface area contributed by atoms with Gasteiger partial charge in [-0.2, -0.15) is 0 Å². The van der Waals surface area contributed by atoms with Gasteiger partial charge in [-0.3, -0.25) is 4.79 Å². The van der Waals surface area contributed by atoms with Crippen molar-refractivity contribution in [1.82, 2.24) is 0 Å². The van der Waals surface area contributed by atoms with Crippen molar-refractivity contribution < 1.29 is 9.53 Å². The Kier molecular flexibility index (Phi) is 3.28. The number of carbonyl (C=O) groups is 1. The van der Waals surface area contributed by atoms with Gasteiger partial charge in [-0.25, -0.2) is 0 Å². The normalized spacial score (nSPS) is 11.1. The van der Waals surface area contributed by atoms with Crippen LogP contribution in [0.2, 0.25) is 0 Å². The van der Waals surface area contributed by atoms with Gasteiger partial charge in [-0.05, 0) is 18.5 Å². The zero-order chi connectivity index (χ0) is 6.57. The lowest BCUT2D eigenvalue weighted by Crippen LogP contribution is -1.83. The first-order valence-corrected chi connectivity index (χ1v) is 2.46. The van der Waals surface area contributed by atoms with E-state index in [9.17, 15) is 4.79 Å². The second-order valence-electron chi connectivity index (χ2n) is 1.26. The summed E-state index contributed by atoms with van der Waals surface area (Å²) in [4.78, 5) is 10.0. The highest BCUT2D eigenvalue weighted by Crippen LogP contribution is 1.93. The van der Waals surface area contributed by atoms with E-state index in [1.54, 1.807) is 6.92 Å². The third kappa shape index (κ3) is 3.68. The Hall–Kier alpha value is -0.500.